The van der Waals surface area contributed by atoms with Crippen LogP contribution in [-0.2, 0) is 17.9 Å². The number of fused-ring (bicyclic) bond motifs is 1. The van der Waals surface area contributed by atoms with Crippen LogP contribution in [0.5, 0.6) is 11.5 Å². The minimum Gasteiger partial charge on any atom is -0.496 e. The Morgan fingerprint density at radius 2 is 1.61 bits per heavy atom. The summed E-state index contributed by atoms with van der Waals surface area (Å²) in [7, 11) is 1.58. The van der Waals surface area contributed by atoms with Crippen molar-refractivity contribution in [1.82, 2.24) is 14.8 Å². The van der Waals surface area contributed by atoms with Gasteiger partial charge in [0.15, 0.2) is 5.58 Å². The van der Waals surface area contributed by atoms with Crippen LogP contribution in [0.15, 0.2) is 65.1 Å². The summed E-state index contributed by atoms with van der Waals surface area (Å²) in [5, 5.41) is 9.64. The number of oxazole rings is 1. The summed E-state index contributed by atoms with van der Waals surface area (Å²) in [6.45, 7) is 4.00. The van der Waals surface area contributed by atoms with Crippen LogP contribution >= 0.6 is 0 Å². The molecule has 0 spiro atoms. The molecular formula is C40H40F3N3O5. The second kappa shape index (κ2) is 14.4. The molecule has 2 saturated heterocycles. The lowest BCUT2D eigenvalue weighted by Crippen LogP contribution is -2.35. The van der Waals surface area contributed by atoms with Crippen LogP contribution in [-0.4, -0.2) is 65.3 Å². The lowest BCUT2D eigenvalue weighted by atomic mass is 9.89. The van der Waals surface area contributed by atoms with E-state index in [-0.39, 0.29) is 23.7 Å². The number of carboxylic acids is 1. The maximum absolute atomic E-state index is 15.7. The summed E-state index contributed by atoms with van der Waals surface area (Å²) in [5.41, 5.74) is 7.76. The van der Waals surface area contributed by atoms with Crippen LogP contribution in [0.1, 0.15) is 47.9 Å². The molecule has 2 fully saturated rings. The molecule has 51 heavy (non-hydrogen) atoms. The monoisotopic (exact) mass is 699 g/mol. The highest BCUT2D eigenvalue weighted by molar-refractivity contribution is 5.85. The van der Waals surface area contributed by atoms with Crippen molar-refractivity contribution in [2.24, 2.45) is 0 Å². The number of methoxy groups -OCH3 is 1. The van der Waals surface area contributed by atoms with E-state index < -0.39 is 18.6 Å². The summed E-state index contributed by atoms with van der Waals surface area (Å²) in [4.78, 5) is 20.5. The van der Waals surface area contributed by atoms with E-state index in [1.54, 1.807) is 24.1 Å². The third kappa shape index (κ3) is 6.92. The minimum atomic E-state index is -3.07. The first-order valence-electron chi connectivity index (χ1n) is 17.3. The van der Waals surface area contributed by atoms with Gasteiger partial charge in [0.25, 0.3) is 0 Å². The molecule has 3 heterocycles. The molecule has 11 heteroatoms. The third-order valence-corrected chi connectivity index (χ3v) is 10.3. The molecule has 0 amide bonds. The van der Waals surface area contributed by atoms with Crippen LogP contribution in [0, 0.1) is 19.7 Å². The zero-order valence-electron chi connectivity index (χ0n) is 28.8. The fourth-order valence-electron chi connectivity index (χ4n) is 7.62. The van der Waals surface area contributed by atoms with E-state index in [0.29, 0.717) is 54.2 Å². The predicted octanol–water partition coefficient (Wildman–Crippen LogP) is 8.84. The number of aromatic nitrogens is 1. The van der Waals surface area contributed by atoms with E-state index in [9.17, 15) is 18.7 Å². The number of hydrogen-bond donors (Lipinski definition) is 1. The molecule has 2 aliphatic rings. The summed E-state index contributed by atoms with van der Waals surface area (Å²) < 4.78 is 59.3. The van der Waals surface area contributed by atoms with E-state index in [1.165, 1.54) is 6.07 Å². The highest BCUT2D eigenvalue weighted by atomic mass is 19.3. The molecule has 1 aromatic heterocycles. The first-order chi connectivity index (χ1) is 24.6. The number of alkyl halides is 2. The summed E-state index contributed by atoms with van der Waals surface area (Å²) in [6.07, 6.45) is 3.43. The van der Waals surface area contributed by atoms with Crippen molar-refractivity contribution < 1.29 is 37.0 Å². The molecule has 0 saturated carbocycles. The average molecular weight is 700 g/mol. The number of rotatable bonds is 11. The molecule has 8 nitrogen and oxygen atoms in total. The third-order valence-electron chi connectivity index (χ3n) is 10.3. The number of ether oxygens (including phenoxy) is 2. The largest absolute Gasteiger partial charge is 0.496 e. The first-order valence-corrected chi connectivity index (χ1v) is 17.3. The Morgan fingerprint density at radius 3 is 2.29 bits per heavy atom. The topological polar surface area (TPSA) is 88.3 Å². The smallest absolute Gasteiger partial charge is 0.387 e. The molecule has 0 unspecified atom stereocenters. The fourth-order valence-corrected chi connectivity index (χ4v) is 7.62. The van der Waals surface area contributed by atoms with Crippen molar-refractivity contribution in [2.75, 3.05) is 26.7 Å². The molecule has 0 aliphatic carbocycles. The Balaban J connectivity index is 1.23. The Bertz CT molecular complexity index is 2090. The number of hydrogen-bond acceptors (Lipinski definition) is 7. The van der Waals surface area contributed by atoms with Gasteiger partial charge in [0.2, 0.25) is 5.89 Å². The molecule has 0 radical (unpaired) electrons. The molecule has 2 aliphatic heterocycles. The SMILES string of the molecule is COc1cc(-c2cccc(-c3cccc(-c4nc5cc(CN6CCC[C@H]6C(=O)O)c(OC(F)F)cc5o4)c3C)c2C)cc(F)c1CN1CCCC1. The lowest BCUT2D eigenvalue weighted by Gasteiger charge is -2.22. The molecule has 4 aromatic carbocycles. The number of benzene rings is 4. The minimum absolute atomic E-state index is 0.0775. The van der Waals surface area contributed by atoms with E-state index in [0.717, 1.165) is 64.9 Å². The van der Waals surface area contributed by atoms with Crippen molar-refractivity contribution >= 4 is 17.1 Å². The number of carboxylic acid groups (broad SMARTS) is 1. The average Bonchev–Trinajstić information content (AvgIpc) is 3.88. The summed E-state index contributed by atoms with van der Waals surface area (Å²) >= 11 is 0. The summed E-state index contributed by atoms with van der Waals surface area (Å²) in [5.74, 6) is -0.470. The fraction of sp³-hybridized carbons (Fsp3) is 0.350. The van der Waals surface area contributed by atoms with Crippen molar-refractivity contribution in [2.45, 2.75) is 65.3 Å². The van der Waals surface area contributed by atoms with Crippen molar-refractivity contribution in [3.8, 4) is 45.2 Å². The van der Waals surface area contributed by atoms with Crippen molar-refractivity contribution in [3.05, 3.63) is 88.7 Å². The van der Waals surface area contributed by atoms with Crippen LogP contribution in [0.25, 0.3) is 44.8 Å². The normalized spacial score (nSPS) is 16.8. The number of nitrogens with zero attached hydrogens (tertiary/aromatic N) is 3. The predicted molar refractivity (Wildman–Crippen MR) is 189 cm³/mol. The highest BCUT2D eigenvalue weighted by Gasteiger charge is 2.31. The van der Waals surface area contributed by atoms with Gasteiger partial charge in [0, 0.05) is 35.8 Å². The van der Waals surface area contributed by atoms with Gasteiger partial charge in [-0.05, 0) is 117 Å². The van der Waals surface area contributed by atoms with Crippen LogP contribution < -0.4 is 9.47 Å². The van der Waals surface area contributed by atoms with Crippen molar-refractivity contribution in [1.29, 1.82) is 0 Å². The van der Waals surface area contributed by atoms with Gasteiger partial charge in [0.1, 0.15) is 28.9 Å². The van der Waals surface area contributed by atoms with E-state index in [1.807, 2.05) is 56.3 Å². The maximum atomic E-state index is 15.7. The number of halogens is 3. The van der Waals surface area contributed by atoms with Gasteiger partial charge in [-0.1, -0.05) is 30.3 Å². The lowest BCUT2D eigenvalue weighted by molar-refractivity contribution is -0.142. The molecule has 1 N–H and O–H groups in total. The molecular weight excluding hydrogens is 659 g/mol. The quantitative estimate of drug-likeness (QED) is 0.146. The Labute approximate surface area is 294 Å². The van der Waals surface area contributed by atoms with Gasteiger partial charge in [0.05, 0.1) is 7.11 Å². The van der Waals surface area contributed by atoms with Gasteiger partial charge in [-0.15, -0.1) is 0 Å². The first kappa shape index (κ1) is 34.6. The van der Waals surface area contributed by atoms with Gasteiger partial charge in [-0.2, -0.15) is 8.78 Å². The van der Waals surface area contributed by atoms with E-state index >= 15 is 4.39 Å². The maximum Gasteiger partial charge on any atom is 0.387 e. The number of carbonyl (C=O) groups is 1. The van der Waals surface area contributed by atoms with Crippen LogP contribution in [0.4, 0.5) is 13.2 Å². The van der Waals surface area contributed by atoms with Crippen LogP contribution in [0.3, 0.4) is 0 Å². The van der Waals surface area contributed by atoms with Crippen molar-refractivity contribution in [3.63, 3.8) is 0 Å². The van der Waals surface area contributed by atoms with E-state index in [2.05, 4.69) is 4.90 Å². The zero-order valence-corrected chi connectivity index (χ0v) is 28.8. The second-order valence-corrected chi connectivity index (χ2v) is 13.4. The van der Waals surface area contributed by atoms with E-state index in [4.69, 9.17) is 18.9 Å². The Morgan fingerprint density at radius 1 is 0.922 bits per heavy atom. The molecule has 7 rings (SSSR count). The number of likely N-dealkylation sites (tertiary alicyclic amines) is 2. The highest BCUT2D eigenvalue weighted by Crippen LogP contribution is 2.40. The molecule has 0 bridgehead atoms. The van der Waals surface area contributed by atoms with Crippen LogP contribution in [0.2, 0.25) is 0 Å². The molecule has 5 aromatic rings. The van der Waals surface area contributed by atoms with Gasteiger partial charge in [-0.3, -0.25) is 14.6 Å². The zero-order chi connectivity index (χ0) is 35.8. The Kier molecular flexibility index (Phi) is 9.76. The van der Waals surface area contributed by atoms with Gasteiger partial charge in [-0.25, -0.2) is 9.37 Å². The standard InChI is InChI=1S/C40H40F3N3O5/c1-23-27(25-17-32(41)31(36(19-25)49-3)22-45-14-4-5-15-45)9-6-10-28(23)29-11-7-12-30(24(29)2)38-44-33-18-26(21-46-16-8-13-34(46)39(47)48)35(51-40(42)43)20-37(33)50-38/h6-7,9-12,17-20,34,40H,4-5,8,13-16,21-22H2,1-3H3,(H,47,48)/t34-/m0/s1. The van der Waals surface area contributed by atoms with Gasteiger partial charge < -0.3 is 19.0 Å². The van der Waals surface area contributed by atoms with Gasteiger partial charge >= 0.3 is 12.6 Å². The second-order valence-electron chi connectivity index (χ2n) is 13.4. The molecule has 1 atom stereocenters. The Hall–Kier alpha value is -4.87. The summed E-state index contributed by atoms with van der Waals surface area (Å²) in [6, 6.07) is 17.6. The number of aliphatic carboxylic acids is 1. The molecule has 266 valence electrons.